The van der Waals surface area contributed by atoms with Gasteiger partial charge >= 0.3 is 0 Å². The predicted octanol–water partition coefficient (Wildman–Crippen LogP) is -0.179. The topological polar surface area (TPSA) is 46.4 Å². The Morgan fingerprint density at radius 1 is 1.36 bits per heavy atom. The lowest BCUT2D eigenvalue weighted by molar-refractivity contribution is -0.123. The zero-order valence-corrected chi connectivity index (χ0v) is 9.34. The van der Waals surface area contributed by atoms with Crippen molar-refractivity contribution in [2.45, 2.75) is 26.3 Å². The van der Waals surface area contributed by atoms with Crippen molar-refractivity contribution in [1.82, 2.24) is 15.5 Å². The lowest BCUT2D eigenvalue weighted by atomic mass is 10.1. The largest absolute Gasteiger partial charge is 0.350 e. The number of nitrogens with one attached hydrogen (secondary N) is 1. The molecule has 0 bridgehead atoms. The van der Waals surface area contributed by atoms with Gasteiger partial charge in [-0.25, -0.2) is 5.32 Å². The molecule has 0 unspecified atom stereocenters. The molecule has 1 aliphatic rings. The summed E-state index contributed by atoms with van der Waals surface area (Å²) in [5, 5.41) is 7.19. The van der Waals surface area contributed by atoms with Crippen LogP contribution in [0.3, 0.4) is 0 Å². The van der Waals surface area contributed by atoms with Gasteiger partial charge in [0, 0.05) is 31.7 Å². The maximum atomic E-state index is 11.5. The third-order valence-corrected chi connectivity index (χ3v) is 2.03. The van der Waals surface area contributed by atoms with E-state index in [4.69, 9.17) is 0 Å². The summed E-state index contributed by atoms with van der Waals surface area (Å²) in [5.41, 5.74) is -0.128. The fourth-order valence-electron chi connectivity index (χ4n) is 1.47. The highest BCUT2D eigenvalue weighted by Gasteiger charge is 2.17. The van der Waals surface area contributed by atoms with Gasteiger partial charge in [-0.1, -0.05) is 0 Å². The molecule has 4 nitrogen and oxygen atoms in total. The first kappa shape index (κ1) is 11.5. The molecule has 81 valence electrons. The summed E-state index contributed by atoms with van der Waals surface area (Å²) in [4.78, 5) is 13.7. The molecule has 0 aromatic heterocycles. The molecule has 14 heavy (non-hydrogen) atoms. The van der Waals surface area contributed by atoms with Gasteiger partial charge in [0.1, 0.15) is 0 Å². The van der Waals surface area contributed by atoms with Gasteiger partial charge < -0.3 is 5.32 Å². The smallest absolute Gasteiger partial charge is 0.234 e. The lowest BCUT2D eigenvalue weighted by Crippen LogP contribution is -2.49. The van der Waals surface area contributed by atoms with Crippen LogP contribution in [0.15, 0.2) is 0 Å². The van der Waals surface area contributed by atoms with Gasteiger partial charge in [-0.15, -0.1) is 0 Å². The molecule has 1 fully saturated rings. The van der Waals surface area contributed by atoms with Crippen molar-refractivity contribution < 1.29 is 4.79 Å². The van der Waals surface area contributed by atoms with Crippen LogP contribution < -0.4 is 10.6 Å². The third-order valence-electron chi connectivity index (χ3n) is 2.03. The Hall–Kier alpha value is -0.610. The number of carbonyl (C=O) groups is 1. The molecular formula is C10H20N3O. The number of carbonyl (C=O) groups excluding carboxylic acids is 1. The van der Waals surface area contributed by atoms with Crippen LogP contribution in [-0.2, 0) is 4.79 Å². The van der Waals surface area contributed by atoms with Gasteiger partial charge in [0.25, 0.3) is 0 Å². The van der Waals surface area contributed by atoms with E-state index >= 15 is 0 Å². The average molecular weight is 198 g/mol. The molecule has 0 atom stereocenters. The molecule has 0 saturated carbocycles. The maximum absolute atomic E-state index is 11.5. The second kappa shape index (κ2) is 4.75. The number of hydrogen-bond donors (Lipinski definition) is 1. The first-order valence-corrected chi connectivity index (χ1v) is 5.14. The van der Waals surface area contributed by atoms with Crippen molar-refractivity contribution in [2.24, 2.45) is 0 Å². The summed E-state index contributed by atoms with van der Waals surface area (Å²) < 4.78 is 0. The standard InChI is InChI=1S/C10H20N3O/c1-10(2,3)12-9(14)8-13-6-4-11-5-7-13/h4-8H2,1-3H3,(H,12,14). The van der Waals surface area contributed by atoms with Crippen LogP contribution in [0.1, 0.15) is 20.8 Å². The van der Waals surface area contributed by atoms with Crippen LogP contribution in [0.4, 0.5) is 0 Å². The van der Waals surface area contributed by atoms with Crippen LogP contribution in [-0.4, -0.2) is 49.1 Å². The minimum Gasteiger partial charge on any atom is -0.350 e. The Kier molecular flexibility index (Phi) is 3.89. The van der Waals surface area contributed by atoms with E-state index in [0.29, 0.717) is 6.54 Å². The second-order valence-corrected chi connectivity index (χ2v) is 4.75. The summed E-state index contributed by atoms with van der Waals surface area (Å²) >= 11 is 0. The quantitative estimate of drug-likeness (QED) is 0.669. The van der Waals surface area contributed by atoms with E-state index in [1.165, 1.54) is 0 Å². The fourth-order valence-corrected chi connectivity index (χ4v) is 1.47. The highest BCUT2D eigenvalue weighted by Crippen LogP contribution is 1.99. The van der Waals surface area contributed by atoms with Crippen molar-refractivity contribution in [3.05, 3.63) is 0 Å². The Morgan fingerprint density at radius 2 is 1.93 bits per heavy atom. The van der Waals surface area contributed by atoms with E-state index in [1.807, 2.05) is 20.8 Å². The summed E-state index contributed by atoms with van der Waals surface area (Å²) in [7, 11) is 0. The molecule has 4 heteroatoms. The summed E-state index contributed by atoms with van der Waals surface area (Å²) in [6.45, 7) is 10.1. The SMILES string of the molecule is CC(C)(C)NC(=O)CN1CC[N]CC1. The van der Waals surface area contributed by atoms with E-state index in [2.05, 4.69) is 15.5 Å². The zero-order valence-electron chi connectivity index (χ0n) is 9.34. The number of nitrogens with zero attached hydrogens (tertiary/aromatic N) is 2. The van der Waals surface area contributed by atoms with Gasteiger partial charge in [-0.2, -0.15) is 0 Å². The van der Waals surface area contributed by atoms with Gasteiger partial charge in [0.2, 0.25) is 5.91 Å². The van der Waals surface area contributed by atoms with Gasteiger partial charge in [-0.05, 0) is 20.8 Å². The van der Waals surface area contributed by atoms with E-state index in [1.54, 1.807) is 0 Å². The Balaban J connectivity index is 2.25. The monoisotopic (exact) mass is 198 g/mol. The summed E-state index contributed by atoms with van der Waals surface area (Å²) in [6.07, 6.45) is 0. The first-order valence-electron chi connectivity index (χ1n) is 5.14. The van der Waals surface area contributed by atoms with Crippen LogP contribution in [0.2, 0.25) is 0 Å². The molecule has 0 spiro atoms. The maximum Gasteiger partial charge on any atom is 0.234 e. The minimum atomic E-state index is -0.128. The molecule has 1 N–H and O–H groups in total. The summed E-state index contributed by atoms with van der Waals surface area (Å²) in [5.74, 6) is 0.111. The third kappa shape index (κ3) is 4.58. The van der Waals surface area contributed by atoms with Crippen molar-refractivity contribution in [3.63, 3.8) is 0 Å². The van der Waals surface area contributed by atoms with Crippen LogP contribution >= 0.6 is 0 Å². The highest BCUT2D eigenvalue weighted by atomic mass is 16.2. The van der Waals surface area contributed by atoms with Crippen molar-refractivity contribution in [2.75, 3.05) is 32.7 Å². The number of piperazine rings is 1. The summed E-state index contributed by atoms with van der Waals surface area (Å²) in [6, 6.07) is 0. The van der Waals surface area contributed by atoms with Gasteiger partial charge in [-0.3, -0.25) is 9.69 Å². The molecule has 1 saturated heterocycles. The van der Waals surface area contributed by atoms with Crippen LogP contribution in [0, 0.1) is 0 Å². The molecule has 0 aromatic carbocycles. The zero-order chi connectivity index (χ0) is 10.6. The number of hydrogen-bond acceptors (Lipinski definition) is 2. The van der Waals surface area contributed by atoms with E-state index < -0.39 is 0 Å². The van der Waals surface area contributed by atoms with E-state index in [9.17, 15) is 4.79 Å². The van der Waals surface area contributed by atoms with Crippen LogP contribution in [0.25, 0.3) is 0 Å². The number of rotatable bonds is 2. The first-order chi connectivity index (χ1) is 6.47. The molecule has 1 rings (SSSR count). The molecule has 0 aliphatic carbocycles. The van der Waals surface area contributed by atoms with E-state index in [-0.39, 0.29) is 11.4 Å². The Labute approximate surface area is 86.0 Å². The fraction of sp³-hybridized carbons (Fsp3) is 0.900. The molecule has 1 amide bonds. The van der Waals surface area contributed by atoms with Crippen molar-refractivity contribution in [1.29, 1.82) is 0 Å². The van der Waals surface area contributed by atoms with Crippen molar-refractivity contribution in [3.8, 4) is 0 Å². The van der Waals surface area contributed by atoms with Gasteiger partial charge in [0.15, 0.2) is 0 Å². The molecule has 1 aliphatic heterocycles. The van der Waals surface area contributed by atoms with E-state index in [0.717, 1.165) is 26.2 Å². The van der Waals surface area contributed by atoms with Gasteiger partial charge in [0.05, 0.1) is 6.54 Å². The predicted molar refractivity (Wildman–Crippen MR) is 56.2 cm³/mol. The second-order valence-electron chi connectivity index (χ2n) is 4.75. The Morgan fingerprint density at radius 3 is 2.43 bits per heavy atom. The molecule has 0 aromatic rings. The van der Waals surface area contributed by atoms with Crippen molar-refractivity contribution >= 4 is 5.91 Å². The molecule has 1 radical (unpaired) electrons. The number of amides is 1. The average Bonchev–Trinajstić information content (AvgIpc) is 2.02. The molecule has 1 heterocycles. The molecular weight excluding hydrogens is 178 g/mol. The normalized spacial score (nSPS) is 19.4. The minimum absolute atomic E-state index is 0.111. The lowest BCUT2D eigenvalue weighted by Gasteiger charge is -2.27. The van der Waals surface area contributed by atoms with Crippen LogP contribution in [0.5, 0.6) is 0 Å². The Bertz CT molecular complexity index is 192. The highest BCUT2D eigenvalue weighted by molar-refractivity contribution is 5.78.